The monoisotopic (exact) mass is 462 g/mol. The summed E-state index contributed by atoms with van der Waals surface area (Å²) in [6.07, 6.45) is 21.0. The van der Waals surface area contributed by atoms with Gasteiger partial charge in [0.1, 0.15) is 0 Å². The summed E-state index contributed by atoms with van der Waals surface area (Å²) in [6, 6.07) is 17.0. The molecule has 2 aromatic carbocycles. The van der Waals surface area contributed by atoms with Crippen LogP contribution >= 0.6 is 24.8 Å². The molecule has 4 rings (SSSR count). The highest BCUT2D eigenvalue weighted by Gasteiger charge is 2.08. The molecule has 0 atom stereocenters. The molecule has 0 saturated carbocycles. The van der Waals surface area contributed by atoms with Crippen molar-refractivity contribution in [3.8, 4) is 0 Å². The van der Waals surface area contributed by atoms with Crippen LogP contribution in [0.15, 0.2) is 122 Å². The van der Waals surface area contributed by atoms with E-state index in [0.29, 0.717) is 0 Å². The van der Waals surface area contributed by atoms with Gasteiger partial charge in [0.05, 0.1) is 0 Å². The lowest BCUT2D eigenvalue weighted by molar-refractivity contribution is 0.495. The molecule has 2 aliphatic rings. The van der Waals surface area contributed by atoms with Crippen LogP contribution in [0.4, 0.5) is 0 Å². The second-order valence-corrected chi connectivity index (χ2v) is 7.41. The molecule has 2 heterocycles. The van der Waals surface area contributed by atoms with Crippen molar-refractivity contribution < 1.29 is 0 Å². The standard InChI is InChI=1S/C28H26N2.2ClH/c1-3-23-5-9-25(10-6-23)21-29-17-13-27(14-18-29)28-15-19-30(20-16-28)22-26-11-7-24(4-2)8-12-26;;/h3-20H,1-2,21-22H2;2*1H. The number of benzene rings is 2. The van der Waals surface area contributed by atoms with E-state index in [1.807, 2.05) is 12.2 Å². The van der Waals surface area contributed by atoms with Crippen LogP contribution in [0.5, 0.6) is 0 Å². The average molecular weight is 463 g/mol. The SMILES string of the molecule is C=Cc1ccc(CN2C=CC(=C3C=CN(Cc4ccc(C=C)cc4)C=C3)C=C2)cc1.Cl.Cl. The molecule has 0 bridgehead atoms. The third-order valence-corrected chi connectivity index (χ3v) is 5.28. The van der Waals surface area contributed by atoms with Crippen LogP contribution in [-0.2, 0) is 13.1 Å². The Morgan fingerprint density at radius 1 is 0.531 bits per heavy atom. The fourth-order valence-electron chi connectivity index (χ4n) is 3.45. The molecule has 0 unspecified atom stereocenters. The molecule has 2 aromatic rings. The highest BCUT2D eigenvalue weighted by atomic mass is 35.5. The van der Waals surface area contributed by atoms with Crippen molar-refractivity contribution in [1.29, 1.82) is 0 Å². The van der Waals surface area contributed by atoms with Crippen molar-refractivity contribution in [2.75, 3.05) is 0 Å². The van der Waals surface area contributed by atoms with Crippen molar-refractivity contribution in [3.05, 3.63) is 144 Å². The molecule has 2 aliphatic heterocycles. The van der Waals surface area contributed by atoms with Gasteiger partial charge in [-0.15, -0.1) is 24.8 Å². The van der Waals surface area contributed by atoms with Gasteiger partial charge in [-0.3, -0.25) is 0 Å². The first-order valence-electron chi connectivity index (χ1n) is 10.1. The first-order valence-corrected chi connectivity index (χ1v) is 10.1. The van der Waals surface area contributed by atoms with Gasteiger partial charge in [0.25, 0.3) is 0 Å². The van der Waals surface area contributed by atoms with E-state index in [4.69, 9.17) is 0 Å². The number of halogens is 2. The van der Waals surface area contributed by atoms with E-state index in [1.54, 1.807) is 0 Å². The number of allylic oxidation sites excluding steroid dienone is 6. The van der Waals surface area contributed by atoms with E-state index in [2.05, 4.69) is 121 Å². The van der Waals surface area contributed by atoms with Crippen LogP contribution in [0.1, 0.15) is 22.3 Å². The van der Waals surface area contributed by atoms with E-state index in [1.165, 1.54) is 22.3 Å². The van der Waals surface area contributed by atoms with Crippen LogP contribution in [0, 0.1) is 0 Å². The van der Waals surface area contributed by atoms with Crippen molar-refractivity contribution in [2.45, 2.75) is 13.1 Å². The Hall–Kier alpha value is -3.20. The van der Waals surface area contributed by atoms with E-state index in [-0.39, 0.29) is 24.8 Å². The Kier molecular flexibility index (Phi) is 9.39. The third-order valence-electron chi connectivity index (χ3n) is 5.28. The summed E-state index contributed by atoms with van der Waals surface area (Å²) >= 11 is 0. The molecule has 0 aliphatic carbocycles. The molecule has 0 saturated heterocycles. The zero-order chi connectivity index (χ0) is 20.8. The third kappa shape index (κ3) is 6.40. The van der Waals surface area contributed by atoms with Gasteiger partial charge >= 0.3 is 0 Å². The molecule has 164 valence electrons. The number of hydrogen-bond acceptors (Lipinski definition) is 2. The summed E-state index contributed by atoms with van der Waals surface area (Å²) in [7, 11) is 0. The van der Waals surface area contributed by atoms with Crippen LogP contribution in [-0.4, -0.2) is 9.80 Å². The summed E-state index contributed by atoms with van der Waals surface area (Å²) in [5.41, 5.74) is 7.29. The van der Waals surface area contributed by atoms with Crippen molar-refractivity contribution in [2.24, 2.45) is 0 Å². The van der Waals surface area contributed by atoms with Gasteiger partial charge in [0, 0.05) is 37.9 Å². The molecule has 0 amide bonds. The Bertz CT molecular complexity index is 952. The highest BCUT2D eigenvalue weighted by molar-refractivity contribution is 5.85. The normalized spacial score (nSPS) is 14.1. The van der Waals surface area contributed by atoms with Gasteiger partial charge in [-0.2, -0.15) is 0 Å². The maximum absolute atomic E-state index is 3.81. The van der Waals surface area contributed by atoms with E-state index in [9.17, 15) is 0 Å². The second kappa shape index (κ2) is 12.0. The Labute approximate surface area is 203 Å². The molecule has 2 nitrogen and oxygen atoms in total. The van der Waals surface area contributed by atoms with Gasteiger partial charge in [-0.05, 0) is 57.7 Å². The predicted octanol–water partition coefficient (Wildman–Crippen LogP) is 7.50. The molecule has 4 heteroatoms. The first-order chi connectivity index (χ1) is 14.7. The highest BCUT2D eigenvalue weighted by Crippen LogP contribution is 2.21. The van der Waals surface area contributed by atoms with Crippen LogP contribution in [0.2, 0.25) is 0 Å². The number of nitrogens with zero attached hydrogens (tertiary/aromatic N) is 2. The minimum absolute atomic E-state index is 0. The van der Waals surface area contributed by atoms with Crippen molar-refractivity contribution >= 4 is 37.0 Å². The van der Waals surface area contributed by atoms with Crippen molar-refractivity contribution in [1.82, 2.24) is 9.80 Å². The summed E-state index contributed by atoms with van der Waals surface area (Å²) in [6.45, 7) is 9.33. The number of rotatable bonds is 6. The molecule has 32 heavy (non-hydrogen) atoms. The summed E-state index contributed by atoms with van der Waals surface area (Å²) in [5, 5.41) is 0. The van der Waals surface area contributed by atoms with Crippen LogP contribution < -0.4 is 0 Å². The lowest BCUT2D eigenvalue weighted by atomic mass is 10.0. The van der Waals surface area contributed by atoms with Crippen molar-refractivity contribution in [3.63, 3.8) is 0 Å². The Balaban J connectivity index is 0.00000181. The van der Waals surface area contributed by atoms with Crippen LogP contribution in [0.25, 0.3) is 12.2 Å². The zero-order valence-electron chi connectivity index (χ0n) is 17.9. The topological polar surface area (TPSA) is 6.48 Å². The first kappa shape index (κ1) is 25.1. The average Bonchev–Trinajstić information content (AvgIpc) is 2.81. The Morgan fingerprint density at radius 2 is 0.844 bits per heavy atom. The fraction of sp³-hybridized carbons (Fsp3) is 0.0714. The lowest BCUT2D eigenvalue weighted by Crippen LogP contribution is -2.13. The smallest absolute Gasteiger partial charge is 0.0470 e. The van der Waals surface area contributed by atoms with Crippen LogP contribution in [0.3, 0.4) is 0 Å². The quantitative estimate of drug-likeness (QED) is 0.438. The van der Waals surface area contributed by atoms with Gasteiger partial charge in [0.15, 0.2) is 0 Å². The minimum Gasteiger partial charge on any atom is -0.350 e. The summed E-state index contributed by atoms with van der Waals surface area (Å²) in [4.78, 5) is 4.39. The van der Waals surface area contributed by atoms with Gasteiger partial charge in [0.2, 0.25) is 0 Å². The van der Waals surface area contributed by atoms with Gasteiger partial charge in [-0.1, -0.05) is 73.8 Å². The molecule has 0 aromatic heterocycles. The molecule has 0 fully saturated rings. The van der Waals surface area contributed by atoms with Gasteiger partial charge < -0.3 is 9.80 Å². The lowest BCUT2D eigenvalue weighted by Gasteiger charge is -2.22. The summed E-state index contributed by atoms with van der Waals surface area (Å²) < 4.78 is 0. The Morgan fingerprint density at radius 3 is 1.12 bits per heavy atom. The molecule has 0 radical (unpaired) electrons. The molecular formula is C28H28Cl2N2. The minimum atomic E-state index is 0. The largest absolute Gasteiger partial charge is 0.350 e. The molecule has 0 N–H and O–H groups in total. The van der Waals surface area contributed by atoms with E-state index >= 15 is 0 Å². The maximum Gasteiger partial charge on any atom is 0.0470 e. The van der Waals surface area contributed by atoms with E-state index < -0.39 is 0 Å². The summed E-state index contributed by atoms with van der Waals surface area (Å²) in [5.74, 6) is 0. The second-order valence-electron chi connectivity index (χ2n) is 7.41. The van der Waals surface area contributed by atoms with Gasteiger partial charge in [-0.25, -0.2) is 0 Å². The fourth-order valence-corrected chi connectivity index (χ4v) is 3.45. The molecular weight excluding hydrogens is 435 g/mol. The number of hydrogen-bond donors (Lipinski definition) is 0. The van der Waals surface area contributed by atoms with E-state index in [0.717, 1.165) is 24.2 Å². The maximum atomic E-state index is 3.81. The predicted molar refractivity (Wildman–Crippen MR) is 142 cm³/mol. The zero-order valence-corrected chi connectivity index (χ0v) is 19.6. The molecule has 0 spiro atoms.